The van der Waals surface area contributed by atoms with Gasteiger partial charge in [-0.05, 0) is 19.3 Å². The minimum absolute atomic E-state index is 0.0691. The summed E-state index contributed by atoms with van der Waals surface area (Å²) in [4.78, 5) is 11.5. The Bertz CT molecular complexity index is 225. The van der Waals surface area contributed by atoms with E-state index in [0.29, 0.717) is 6.54 Å². The molecule has 0 saturated heterocycles. The van der Waals surface area contributed by atoms with Gasteiger partial charge >= 0.3 is 6.03 Å². The highest BCUT2D eigenvalue weighted by molar-refractivity contribution is 5.73. The zero-order chi connectivity index (χ0) is 12.6. The minimum Gasteiger partial charge on any atom is -0.396 e. The fourth-order valence-corrected chi connectivity index (χ4v) is 2.40. The molecule has 0 atom stereocenters. The molecule has 1 fully saturated rings. The van der Waals surface area contributed by atoms with Crippen molar-refractivity contribution in [2.75, 3.05) is 19.7 Å². The number of carbonyl (C=O) groups excluding carboxylic acids is 1. The van der Waals surface area contributed by atoms with Gasteiger partial charge in [0.25, 0.3) is 0 Å². The number of carbonyl (C=O) groups is 1. The molecule has 1 aliphatic carbocycles. The van der Waals surface area contributed by atoms with Gasteiger partial charge < -0.3 is 15.7 Å². The van der Waals surface area contributed by atoms with Gasteiger partial charge in [-0.25, -0.2) is 4.79 Å². The molecule has 0 spiro atoms. The zero-order valence-electron chi connectivity index (χ0n) is 10.9. The summed E-state index contributed by atoms with van der Waals surface area (Å²) >= 11 is 0. The lowest BCUT2D eigenvalue weighted by Crippen LogP contribution is -2.45. The van der Waals surface area contributed by atoms with Gasteiger partial charge in [0.2, 0.25) is 0 Å². The zero-order valence-corrected chi connectivity index (χ0v) is 10.9. The van der Waals surface area contributed by atoms with Crippen molar-refractivity contribution >= 4 is 6.03 Å². The summed E-state index contributed by atoms with van der Waals surface area (Å²) in [5.74, 6) is 0. The third kappa shape index (κ3) is 4.94. The lowest BCUT2D eigenvalue weighted by Gasteiger charge is -2.35. The highest BCUT2D eigenvalue weighted by atomic mass is 16.3. The summed E-state index contributed by atoms with van der Waals surface area (Å²) in [5.41, 5.74) is -0.0691. The molecule has 0 aromatic heterocycles. The van der Waals surface area contributed by atoms with Crippen LogP contribution in [0.3, 0.4) is 0 Å². The van der Waals surface area contributed by atoms with Crippen molar-refractivity contribution in [3.63, 3.8) is 0 Å². The quantitative estimate of drug-likeness (QED) is 0.624. The van der Waals surface area contributed by atoms with Crippen molar-refractivity contribution < 1.29 is 9.90 Å². The van der Waals surface area contributed by atoms with Crippen LogP contribution in [0.25, 0.3) is 0 Å². The number of urea groups is 1. The number of amides is 2. The molecule has 1 aliphatic rings. The molecule has 1 saturated carbocycles. The molecule has 0 radical (unpaired) electrons. The SMILES string of the molecule is CCCCNC(=O)NCC1(CO)CCCCC1. The van der Waals surface area contributed by atoms with Crippen molar-refractivity contribution in [3.8, 4) is 0 Å². The maximum absolute atomic E-state index is 11.5. The van der Waals surface area contributed by atoms with E-state index in [9.17, 15) is 9.90 Å². The lowest BCUT2D eigenvalue weighted by atomic mass is 9.74. The summed E-state index contributed by atoms with van der Waals surface area (Å²) in [5, 5.41) is 15.2. The number of rotatable bonds is 6. The molecule has 3 N–H and O–H groups in total. The van der Waals surface area contributed by atoms with Crippen LogP contribution in [-0.4, -0.2) is 30.8 Å². The Balaban J connectivity index is 2.24. The summed E-state index contributed by atoms with van der Waals surface area (Å²) in [6.45, 7) is 3.61. The van der Waals surface area contributed by atoms with E-state index in [-0.39, 0.29) is 18.1 Å². The van der Waals surface area contributed by atoms with Gasteiger partial charge in [-0.1, -0.05) is 32.6 Å². The van der Waals surface area contributed by atoms with Gasteiger partial charge in [0.15, 0.2) is 0 Å². The summed E-state index contributed by atoms with van der Waals surface area (Å²) < 4.78 is 0. The van der Waals surface area contributed by atoms with E-state index in [1.807, 2.05) is 0 Å². The van der Waals surface area contributed by atoms with Crippen LogP contribution >= 0.6 is 0 Å². The lowest BCUT2D eigenvalue weighted by molar-refractivity contribution is 0.0835. The van der Waals surface area contributed by atoms with E-state index in [2.05, 4.69) is 17.6 Å². The van der Waals surface area contributed by atoms with Crippen LogP contribution < -0.4 is 10.6 Å². The molecule has 0 heterocycles. The maximum Gasteiger partial charge on any atom is 0.314 e. The Kier molecular flexibility index (Phi) is 6.34. The van der Waals surface area contributed by atoms with Crippen molar-refractivity contribution in [1.29, 1.82) is 0 Å². The van der Waals surface area contributed by atoms with Gasteiger partial charge in [-0.3, -0.25) is 0 Å². The fraction of sp³-hybridized carbons (Fsp3) is 0.923. The third-order valence-electron chi connectivity index (χ3n) is 3.69. The number of aliphatic hydroxyl groups is 1. The van der Waals surface area contributed by atoms with Gasteiger partial charge in [0, 0.05) is 18.5 Å². The highest BCUT2D eigenvalue weighted by Gasteiger charge is 2.31. The molecule has 1 rings (SSSR count). The first-order chi connectivity index (χ1) is 8.22. The topological polar surface area (TPSA) is 61.4 Å². The van der Waals surface area contributed by atoms with Crippen LogP contribution in [0.1, 0.15) is 51.9 Å². The van der Waals surface area contributed by atoms with Gasteiger partial charge in [0.1, 0.15) is 0 Å². The monoisotopic (exact) mass is 242 g/mol. The Morgan fingerprint density at radius 2 is 1.94 bits per heavy atom. The van der Waals surface area contributed by atoms with Crippen LogP contribution in [0.2, 0.25) is 0 Å². The van der Waals surface area contributed by atoms with Gasteiger partial charge in [-0.2, -0.15) is 0 Å². The molecule has 4 nitrogen and oxygen atoms in total. The van der Waals surface area contributed by atoms with Crippen molar-refractivity contribution in [2.24, 2.45) is 5.41 Å². The number of hydrogen-bond acceptors (Lipinski definition) is 2. The van der Waals surface area contributed by atoms with E-state index in [1.54, 1.807) is 0 Å². The van der Waals surface area contributed by atoms with E-state index in [1.165, 1.54) is 19.3 Å². The molecule has 0 aromatic rings. The summed E-state index contributed by atoms with van der Waals surface area (Å²) in [7, 11) is 0. The van der Waals surface area contributed by atoms with E-state index in [0.717, 1.165) is 32.2 Å². The van der Waals surface area contributed by atoms with Crippen molar-refractivity contribution in [1.82, 2.24) is 10.6 Å². The fourth-order valence-electron chi connectivity index (χ4n) is 2.40. The molecule has 0 bridgehead atoms. The molecular formula is C13H26N2O2. The molecule has 4 heteroatoms. The van der Waals surface area contributed by atoms with Crippen molar-refractivity contribution in [3.05, 3.63) is 0 Å². The third-order valence-corrected chi connectivity index (χ3v) is 3.69. The number of unbranched alkanes of at least 4 members (excludes halogenated alkanes) is 1. The van der Waals surface area contributed by atoms with E-state index in [4.69, 9.17) is 0 Å². The first-order valence-electron chi connectivity index (χ1n) is 6.85. The second-order valence-electron chi connectivity index (χ2n) is 5.18. The smallest absolute Gasteiger partial charge is 0.314 e. The second kappa shape index (κ2) is 7.54. The molecule has 0 unspecified atom stereocenters. The summed E-state index contributed by atoms with van der Waals surface area (Å²) in [6.07, 6.45) is 7.74. The Labute approximate surface area is 104 Å². The Morgan fingerprint density at radius 1 is 1.24 bits per heavy atom. The molecule has 100 valence electrons. The summed E-state index contributed by atoms with van der Waals surface area (Å²) in [6, 6.07) is -0.100. The standard InChI is InChI=1S/C13H26N2O2/c1-2-3-9-14-12(17)15-10-13(11-16)7-5-4-6-8-13/h16H,2-11H2,1H3,(H2,14,15,17). The second-order valence-corrected chi connectivity index (χ2v) is 5.18. The first-order valence-corrected chi connectivity index (χ1v) is 6.85. The largest absolute Gasteiger partial charge is 0.396 e. The van der Waals surface area contributed by atoms with Crippen LogP contribution in [0, 0.1) is 5.41 Å². The first kappa shape index (κ1) is 14.3. The highest BCUT2D eigenvalue weighted by Crippen LogP contribution is 2.35. The molecule has 0 aromatic carbocycles. The maximum atomic E-state index is 11.5. The average Bonchev–Trinajstić information content (AvgIpc) is 2.38. The van der Waals surface area contributed by atoms with Crippen LogP contribution in [0.4, 0.5) is 4.79 Å². The molecule has 17 heavy (non-hydrogen) atoms. The van der Waals surface area contributed by atoms with E-state index >= 15 is 0 Å². The van der Waals surface area contributed by atoms with Crippen LogP contribution in [0.5, 0.6) is 0 Å². The molecule has 2 amide bonds. The Morgan fingerprint density at radius 3 is 2.53 bits per heavy atom. The molecular weight excluding hydrogens is 216 g/mol. The predicted octanol–water partition coefficient (Wildman–Crippen LogP) is 2.03. The van der Waals surface area contributed by atoms with Crippen LogP contribution in [0.15, 0.2) is 0 Å². The predicted molar refractivity (Wildman–Crippen MR) is 68.9 cm³/mol. The number of nitrogens with one attached hydrogen (secondary N) is 2. The normalized spacial score (nSPS) is 18.7. The number of aliphatic hydroxyl groups excluding tert-OH is 1. The minimum atomic E-state index is -0.100. The molecule has 0 aliphatic heterocycles. The van der Waals surface area contributed by atoms with Gasteiger partial charge in [-0.15, -0.1) is 0 Å². The van der Waals surface area contributed by atoms with Crippen LogP contribution in [-0.2, 0) is 0 Å². The van der Waals surface area contributed by atoms with E-state index < -0.39 is 0 Å². The van der Waals surface area contributed by atoms with Gasteiger partial charge in [0.05, 0.1) is 6.61 Å². The number of hydrogen-bond donors (Lipinski definition) is 3. The average molecular weight is 242 g/mol. The van der Waals surface area contributed by atoms with Crippen molar-refractivity contribution in [2.45, 2.75) is 51.9 Å². The Hall–Kier alpha value is -0.770.